The average Bonchev–Trinajstić information content (AvgIpc) is 3.04. The van der Waals surface area contributed by atoms with E-state index in [-0.39, 0.29) is 11.9 Å². The first kappa shape index (κ1) is 52.7. The second-order valence-electron chi connectivity index (χ2n) is 8.23. The number of carbonyl (C=O) groups is 2. The maximum Gasteiger partial charge on any atom is 0.250 e. The van der Waals surface area contributed by atoms with Gasteiger partial charge in [-0.05, 0) is 57.9 Å². The van der Waals surface area contributed by atoms with Crippen LogP contribution < -0.4 is 16.1 Å². The number of rotatable bonds is 10. The highest BCUT2D eigenvalue weighted by Crippen LogP contribution is 2.19. The van der Waals surface area contributed by atoms with Gasteiger partial charge in [0.05, 0.1) is 17.6 Å². The van der Waals surface area contributed by atoms with E-state index in [1.54, 1.807) is 36.2 Å². The van der Waals surface area contributed by atoms with Crippen LogP contribution in [0.25, 0.3) is 0 Å². The fraction of sp³-hybridized carbons (Fsp3) is 0.629. The number of allylic oxidation sites excluding steroid dienone is 2. The second-order valence-corrected chi connectivity index (χ2v) is 8.23. The summed E-state index contributed by atoms with van der Waals surface area (Å²) in [7, 11) is 3.53. The van der Waals surface area contributed by atoms with Crippen molar-refractivity contribution < 1.29 is 14.7 Å². The third-order valence-corrected chi connectivity index (χ3v) is 4.77. The van der Waals surface area contributed by atoms with Crippen LogP contribution in [-0.4, -0.2) is 61.3 Å². The number of nitrogens with zero attached hydrogens (tertiary/aromatic N) is 3. The molecule has 0 saturated heterocycles. The van der Waals surface area contributed by atoms with Gasteiger partial charge in [0.15, 0.2) is 0 Å². The summed E-state index contributed by atoms with van der Waals surface area (Å²) in [5, 5.41) is 19.0. The molecule has 8 heteroatoms. The molecule has 43 heavy (non-hydrogen) atoms. The topological polar surface area (TPSA) is 111 Å². The number of nitrogens with two attached hydrogens (primary N) is 1. The Morgan fingerprint density at radius 3 is 1.70 bits per heavy atom. The summed E-state index contributed by atoms with van der Waals surface area (Å²) in [5.74, 6) is -1.59. The number of carbonyl (C=O) groups excluding carboxylic acids is 2. The van der Waals surface area contributed by atoms with Crippen molar-refractivity contribution in [1.29, 1.82) is 0 Å². The van der Waals surface area contributed by atoms with E-state index in [9.17, 15) is 14.7 Å². The lowest BCUT2D eigenvalue weighted by Gasteiger charge is -2.25. The molecule has 254 valence electrons. The molecule has 2 amide bonds. The summed E-state index contributed by atoms with van der Waals surface area (Å²) in [6, 6.07) is 7.33. The molecule has 0 spiro atoms. The molecule has 1 aromatic rings. The summed E-state index contributed by atoms with van der Waals surface area (Å²) >= 11 is 0. The fourth-order valence-corrected chi connectivity index (χ4v) is 2.76. The Balaban J connectivity index is -0.000000179. The van der Waals surface area contributed by atoms with Gasteiger partial charge in [-0.3, -0.25) is 14.6 Å². The van der Waals surface area contributed by atoms with Crippen molar-refractivity contribution in [2.45, 2.75) is 115 Å². The van der Waals surface area contributed by atoms with Gasteiger partial charge in [-0.1, -0.05) is 93.5 Å². The zero-order valence-corrected chi connectivity index (χ0v) is 30.7. The molecule has 8 nitrogen and oxygen atoms in total. The molecule has 0 aliphatic rings. The molecule has 0 saturated carbocycles. The SMILES string of the molecule is C/C=N\N(C)c1ccc(C(C)NC(=O)C(O)C(C)C(=O)N(C)CCC)cc1.C=CC.C=CCC.CC.CC.CC.CCN. The Bertz CT molecular complexity index is 767. The lowest BCUT2D eigenvalue weighted by Crippen LogP contribution is -2.45. The van der Waals surface area contributed by atoms with Crippen LogP contribution in [0.5, 0.6) is 0 Å². The van der Waals surface area contributed by atoms with Crippen LogP contribution in [0.2, 0.25) is 0 Å². The van der Waals surface area contributed by atoms with Crippen molar-refractivity contribution >= 4 is 23.7 Å². The molecule has 1 aromatic carbocycles. The van der Waals surface area contributed by atoms with Crippen molar-refractivity contribution in [2.24, 2.45) is 16.8 Å². The highest BCUT2D eigenvalue weighted by atomic mass is 16.3. The maximum atomic E-state index is 12.4. The van der Waals surface area contributed by atoms with Crippen molar-refractivity contribution in [1.82, 2.24) is 10.2 Å². The Morgan fingerprint density at radius 2 is 1.37 bits per heavy atom. The first-order chi connectivity index (χ1) is 20.5. The van der Waals surface area contributed by atoms with Gasteiger partial charge in [0.2, 0.25) is 11.8 Å². The van der Waals surface area contributed by atoms with Crippen LogP contribution in [0.15, 0.2) is 54.7 Å². The Hall–Kier alpha value is -2.97. The number of nitrogens with one attached hydrogen (secondary N) is 1. The minimum atomic E-state index is -1.39. The molecule has 0 aliphatic heterocycles. The van der Waals surface area contributed by atoms with Crippen molar-refractivity contribution in [2.75, 3.05) is 32.2 Å². The van der Waals surface area contributed by atoms with Gasteiger partial charge in [0.25, 0.3) is 0 Å². The van der Waals surface area contributed by atoms with Crippen molar-refractivity contribution in [3.05, 3.63) is 55.1 Å². The first-order valence-electron chi connectivity index (χ1n) is 15.9. The number of hydrazone groups is 1. The summed E-state index contributed by atoms with van der Waals surface area (Å²) in [4.78, 5) is 26.2. The Labute approximate surface area is 267 Å². The zero-order chi connectivity index (χ0) is 35.4. The van der Waals surface area contributed by atoms with E-state index in [4.69, 9.17) is 5.73 Å². The number of amides is 2. The van der Waals surface area contributed by atoms with Crippen LogP contribution >= 0.6 is 0 Å². The molecular formula is C35H71N5O3. The van der Waals surface area contributed by atoms with Gasteiger partial charge in [0.1, 0.15) is 6.10 Å². The van der Waals surface area contributed by atoms with Gasteiger partial charge in [0, 0.05) is 26.9 Å². The quantitative estimate of drug-likeness (QED) is 0.141. The molecule has 3 atom stereocenters. The van der Waals surface area contributed by atoms with Crippen LogP contribution in [-0.2, 0) is 9.59 Å². The molecular weight excluding hydrogens is 538 g/mol. The number of hydrogen-bond acceptors (Lipinski definition) is 6. The number of aliphatic hydroxyl groups is 1. The molecule has 0 aromatic heterocycles. The summed E-state index contributed by atoms with van der Waals surface area (Å²) in [6.07, 6.45) is 5.85. The van der Waals surface area contributed by atoms with Gasteiger partial charge >= 0.3 is 0 Å². The van der Waals surface area contributed by atoms with Gasteiger partial charge in [-0.2, -0.15) is 5.10 Å². The molecule has 0 heterocycles. The molecule has 0 aliphatic carbocycles. The molecule has 0 fully saturated rings. The number of aliphatic hydroxyl groups excluding tert-OH is 1. The maximum absolute atomic E-state index is 12.4. The monoisotopic (exact) mass is 610 g/mol. The smallest absolute Gasteiger partial charge is 0.250 e. The van der Waals surface area contributed by atoms with Gasteiger partial charge in [-0.15, -0.1) is 13.2 Å². The normalized spacial score (nSPS) is 10.8. The largest absolute Gasteiger partial charge is 0.382 e. The number of benzene rings is 1. The molecule has 4 N–H and O–H groups in total. The molecule has 0 radical (unpaired) electrons. The predicted octanol–water partition coefficient (Wildman–Crippen LogP) is 7.99. The highest BCUT2D eigenvalue weighted by molar-refractivity contribution is 5.89. The van der Waals surface area contributed by atoms with Gasteiger partial charge < -0.3 is 21.1 Å². The minimum absolute atomic E-state index is 0.240. The van der Waals surface area contributed by atoms with Crippen LogP contribution in [0, 0.1) is 5.92 Å². The van der Waals surface area contributed by atoms with Crippen molar-refractivity contribution in [3.63, 3.8) is 0 Å². The standard InChI is InChI=1S/C20H32N4O3.C4H8.C3H6.C2H7N.3C2H6/c1-7-13-23(5)20(27)14(3)18(25)19(26)22-15(4)16-9-11-17(12-10-16)24(6)21-8-2;1-3-4-2;1-3-2;1-2-3;3*1-2/h8-12,14-15,18,25H,7,13H2,1-6H3,(H,22,26);3H,1,4H2,2H3;3H,1H2,2H3;2-3H2,1H3;3*1-2H3/b21-8-;;;;;;. The highest BCUT2D eigenvalue weighted by Gasteiger charge is 2.30. The lowest BCUT2D eigenvalue weighted by molar-refractivity contribution is -0.144. The molecule has 1 rings (SSSR count). The molecule has 0 bridgehead atoms. The summed E-state index contributed by atoms with van der Waals surface area (Å²) < 4.78 is 0. The van der Waals surface area contributed by atoms with E-state index in [0.29, 0.717) is 6.54 Å². The Morgan fingerprint density at radius 1 is 0.977 bits per heavy atom. The Kier molecular flexibility index (Phi) is 50.4. The van der Waals surface area contributed by atoms with E-state index >= 15 is 0 Å². The van der Waals surface area contributed by atoms with E-state index < -0.39 is 17.9 Å². The van der Waals surface area contributed by atoms with E-state index in [1.165, 1.54) is 0 Å². The number of hydrogen-bond donors (Lipinski definition) is 3. The van der Waals surface area contributed by atoms with Crippen LogP contribution in [0.4, 0.5) is 5.69 Å². The third kappa shape index (κ3) is 30.3. The fourth-order valence-electron chi connectivity index (χ4n) is 2.76. The average molecular weight is 610 g/mol. The van der Waals surface area contributed by atoms with E-state index in [0.717, 1.165) is 30.6 Å². The minimum Gasteiger partial charge on any atom is -0.382 e. The zero-order valence-electron chi connectivity index (χ0n) is 30.7. The second kappa shape index (κ2) is 41.2. The van der Waals surface area contributed by atoms with Crippen molar-refractivity contribution in [3.8, 4) is 0 Å². The van der Waals surface area contributed by atoms with Crippen LogP contribution in [0.1, 0.15) is 114 Å². The molecule has 3 unspecified atom stereocenters. The third-order valence-electron chi connectivity index (χ3n) is 4.77. The number of anilines is 1. The lowest BCUT2D eigenvalue weighted by atomic mass is 10.0. The van der Waals surface area contributed by atoms with Crippen LogP contribution in [0.3, 0.4) is 0 Å². The summed E-state index contributed by atoms with van der Waals surface area (Å²) in [5.41, 5.74) is 6.67. The predicted molar refractivity (Wildman–Crippen MR) is 194 cm³/mol. The van der Waals surface area contributed by atoms with E-state index in [1.807, 2.05) is 114 Å². The summed E-state index contributed by atoms with van der Waals surface area (Å²) in [6.45, 7) is 33.3. The van der Waals surface area contributed by atoms with Gasteiger partial charge in [-0.25, -0.2) is 0 Å². The van der Waals surface area contributed by atoms with E-state index in [2.05, 4.69) is 30.5 Å². The first-order valence-corrected chi connectivity index (χ1v) is 15.9.